The number of fused-ring (bicyclic) bond motifs is 1. The van der Waals surface area contributed by atoms with Crippen molar-refractivity contribution >= 4 is 22.8 Å². The third kappa shape index (κ3) is 5.02. The highest BCUT2D eigenvalue weighted by molar-refractivity contribution is 6.06. The van der Waals surface area contributed by atoms with Gasteiger partial charge in [-0.25, -0.2) is 0 Å². The maximum Gasteiger partial charge on any atom is 0.417 e. The Hall–Kier alpha value is -3.53. The summed E-state index contributed by atoms with van der Waals surface area (Å²) in [6.45, 7) is 0.754. The first kappa shape index (κ1) is 23.1. The number of hydrogen-bond donors (Lipinski definition) is 3. The first-order valence-electron chi connectivity index (χ1n) is 9.67. The molecule has 0 aliphatic carbocycles. The van der Waals surface area contributed by atoms with Gasteiger partial charge in [0.1, 0.15) is 18.1 Å². The molecule has 0 saturated heterocycles. The van der Waals surface area contributed by atoms with Crippen molar-refractivity contribution in [2.24, 2.45) is 5.73 Å². The molecule has 1 heterocycles. The number of aromatic nitrogens is 1. The van der Waals surface area contributed by atoms with E-state index in [0.29, 0.717) is 6.54 Å². The number of amides is 1. The standard InChI is InChI=1S/C22H24F3N5O2/c1-29(2)11-13-6-4-5-7-14(13)12-32-15-8-17(22(23,24)25)16-10-19(28-18(16)9-15)20(31)30(3)21(26)27/h4-10,28H,11-12H2,1-3H3,(H3,26,27). The van der Waals surface area contributed by atoms with Gasteiger partial charge >= 0.3 is 6.18 Å². The molecule has 0 radical (unpaired) electrons. The predicted octanol–water partition coefficient (Wildman–Crippen LogP) is 3.79. The minimum absolute atomic E-state index is 0.0188. The summed E-state index contributed by atoms with van der Waals surface area (Å²) >= 11 is 0. The van der Waals surface area contributed by atoms with E-state index in [1.807, 2.05) is 43.3 Å². The lowest BCUT2D eigenvalue weighted by Gasteiger charge is -2.16. The van der Waals surface area contributed by atoms with Crippen LogP contribution in [0.3, 0.4) is 0 Å². The predicted molar refractivity (Wildman–Crippen MR) is 115 cm³/mol. The van der Waals surface area contributed by atoms with Gasteiger partial charge < -0.3 is 20.4 Å². The van der Waals surface area contributed by atoms with Crippen molar-refractivity contribution in [2.45, 2.75) is 19.3 Å². The molecule has 10 heteroatoms. The normalized spacial score (nSPS) is 11.7. The van der Waals surface area contributed by atoms with Gasteiger partial charge in [0.2, 0.25) is 0 Å². The zero-order valence-corrected chi connectivity index (χ0v) is 17.9. The highest BCUT2D eigenvalue weighted by Gasteiger charge is 2.34. The average Bonchev–Trinajstić information content (AvgIpc) is 3.14. The summed E-state index contributed by atoms with van der Waals surface area (Å²) < 4.78 is 46.9. The molecule has 0 spiro atoms. The van der Waals surface area contributed by atoms with E-state index in [4.69, 9.17) is 15.9 Å². The first-order valence-corrected chi connectivity index (χ1v) is 9.67. The summed E-state index contributed by atoms with van der Waals surface area (Å²) in [5.41, 5.74) is 6.23. The van der Waals surface area contributed by atoms with Crippen LogP contribution in [0.25, 0.3) is 10.9 Å². The fourth-order valence-electron chi connectivity index (χ4n) is 3.29. The molecule has 0 bridgehead atoms. The number of alkyl halides is 3. The van der Waals surface area contributed by atoms with E-state index in [1.165, 1.54) is 13.1 Å². The minimum Gasteiger partial charge on any atom is -0.489 e. The second-order valence-electron chi connectivity index (χ2n) is 7.66. The van der Waals surface area contributed by atoms with Gasteiger partial charge in [-0.05, 0) is 37.4 Å². The van der Waals surface area contributed by atoms with Gasteiger partial charge in [-0.3, -0.25) is 15.1 Å². The molecule has 0 fully saturated rings. The number of carbonyl (C=O) groups excluding carboxylic acids is 1. The van der Waals surface area contributed by atoms with E-state index in [9.17, 15) is 18.0 Å². The Labute approximate surface area is 183 Å². The van der Waals surface area contributed by atoms with Crippen molar-refractivity contribution < 1.29 is 22.7 Å². The number of nitrogens with zero attached hydrogens (tertiary/aromatic N) is 2. The lowest BCUT2D eigenvalue weighted by molar-refractivity contribution is -0.136. The van der Waals surface area contributed by atoms with Crippen LogP contribution in [0.15, 0.2) is 42.5 Å². The minimum atomic E-state index is -4.66. The number of carbonyl (C=O) groups is 1. The third-order valence-corrected chi connectivity index (χ3v) is 4.91. The summed E-state index contributed by atoms with van der Waals surface area (Å²) in [5, 5.41) is 7.18. The monoisotopic (exact) mass is 447 g/mol. The van der Waals surface area contributed by atoms with Gasteiger partial charge in [0.15, 0.2) is 5.96 Å². The van der Waals surface area contributed by atoms with Crippen LogP contribution in [0.5, 0.6) is 5.75 Å². The highest BCUT2D eigenvalue weighted by Crippen LogP contribution is 2.38. The zero-order valence-electron chi connectivity index (χ0n) is 17.9. The number of benzene rings is 2. The molecule has 32 heavy (non-hydrogen) atoms. The molecule has 2 aromatic carbocycles. The molecule has 0 atom stereocenters. The Bertz CT molecular complexity index is 1150. The first-order chi connectivity index (χ1) is 15.0. The maximum atomic E-state index is 13.7. The van der Waals surface area contributed by atoms with E-state index in [-0.39, 0.29) is 29.0 Å². The summed E-state index contributed by atoms with van der Waals surface area (Å²) in [4.78, 5) is 17.9. The summed E-state index contributed by atoms with van der Waals surface area (Å²) in [5.74, 6) is -1.22. The number of nitrogens with one attached hydrogen (secondary N) is 2. The van der Waals surface area contributed by atoms with Crippen molar-refractivity contribution in [3.05, 3.63) is 64.8 Å². The van der Waals surface area contributed by atoms with Crippen LogP contribution in [0.4, 0.5) is 13.2 Å². The molecule has 7 nitrogen and oxygen atoms in total. The molecule has 3 aromatic rings. The number of guanidine groups is 1. The lowest BCUT2D eigenvalue weighted by atomic mass is 10.1. The number of hydrogen-bond acceptors (Lipinski definition) is 4. The van der Waals surface area contributed by atoms with E-state index in [1.54, 1.807) is 0 Å². The highest BCUT2D eigenvalue weighted by atomic mass is 19.4. The SMILES string of the molecule is CN(C)Cc1ccccc1COc1cc(C(F)(F)F)c2cc(C(=O)N(C)C(=N)N)[nH]c2c1. The molecule has 0 aliphatic rings. The number of ether oxygens (including phenoxy) is 1. The number of halogens is 3. The average molecular weight is 447 g/mol. The molecule has 0 saturated carbocycles. The van der Waals surface area contributed by atoms with E-state index in [0.717, 1.165) is 28.2 Å². The Balaban J connectivity index is 1.97. The van der Waals surface area contributed by atoms with E-state index < -0.39 is 23.6 Å². The Morgan fingerprint density at radius 2 is 1.78 bits per heavy atom. The van der Waals surface area contributed by atoms with Crippen molar-refractivity contribution in [1.29, 1.82) is 5.41 Å². The fraction of sp³-hybridized carbons (Fsp3) is 0.273. The van der Waals surface area contributed by atoms with Crippen LogP contribution < -0.4 is 10.5 Å². The van der Waals surface area contributed by atoms with Crippen LogP contribution in [0.2, 0.25) is 0 Å². The number of aromatic amines is 1. The van der Waals surface area contributed by atoms with Crippen molar-refractivity contribution in [3.8, 4) is 5.75 Å². The molecule has 0 unspecified atom stereocenters. The molecule has 1 aromatic heterocycles. The molecule has 4 N–H and O–H groups in total. The topological polar surface area (TPSA) is 98.4 Å². The van der Waals surface area contributed by atoms with Crippen LogP contribution in [0, 0.1) is 5.41 Å². The maximum absolute atomic E-state index is 13.7. The number of nitrogens with two attached hydrogens (primary N) is 1. The zero-order chi connectivity index (χ0) is 23.6. The molecule has 170 valence electrons. The second-order valence-corrected chi connectivity index (χ2v) is 7.66. The van der Waals surface area contributed by atoms with Gasteiger partial charge in [0.05, 0.1) is 11.1 Å². The largest absolute Gasteiger partial charge is 0.489 e. The smallest absolute Gasteiger partial charge is 0.417 e. The van der Waals surface area contributed by atoms with Gasteiger partial charge in [-0.2, -0.15) is 13.2 Å². The third-order valence-electron chi connectivity index (χ3n) is 4.91. The molecule has 0 aliphatic heterocycles. The van der Waals surface area contributed by atoms with Gasteiger partial charge in [-0.15, -0.1) is 0 Å². The van der Waals surface area contributed by atoms with Crippen molar-refractivity contribution in [1.82, 2.24) is 14.8 Å². The quantitative estimate of drug-likeness (QED) is 0.396. The second kappa shape index (κ2) is 8.91. The van der Waals surface area contributed by atoms with E-state index >= 15 is 0 Å². The van der Waals surface area contributed by atoms with Crippen LogP contribution >= 0.6 is 0 Å². The number of rotatable bonds is 6. The Kier molecular flexibility index (Phi) is 6.45. The Morgan fingerprint density at radius 3 is 2.38 bits per heavy atom. The Morgan fingerprint density at radius 1 is 1.12 bits per heavy atom. The molecule has 3 rings (SSSR count). The summed E-state index contributed by atoms with van der Waals surface area (Å²) in [6.07, 6.45) is -4.66. The van der Waals surface area contributed by atoms with Crippen molar-refractivity contribution in [3.63, 3.8) is 0 Å². The summed E-state index contributed by atoms with van der Waals surface area (Å²) in [7, 11) is 5.12. The van der Waals surface area contributed by atoms with Crippen molar-refractivity contribution in [2.75, 3.05) is 21.1 Å². The van der Waals surface area contributed by atoms with Crippen LogP contribution in [-0.2, 0) is 19.3 Å². The van der Waals surface area contributed by atoms with Gasteiger partial charge in [0.25, 0.3) is 5.91 Å². The molecular weight excluding hydrogens is 423 g/mol. The van der Waals surface area contributed by atoms with E-state index in [2.05, 4.69) is 4.98 Å². The molecular formula is C22H24F3N5O2. The number of H-pyrrole nitrogens is 1. The van der Waals surface area contributed by atoms with Crippen LogP contribution in [-0.4, -0.2) is 47.8 Å². The van der Waals surface area contributed by atoms with Crippen LogP contribution in [0.1, 0.15) is 27.2 Å². The molecule has 1 amide bonds. The van der Waals surface area contributed by atoms with Gasteiger partial charge in [0, 0.05) is 25.0 Å². The summed E-state index contributed by atoms with van der Waals surface area (Å²) in [6, 6.07) is 11.0. The fourth-order valence-corrected chi connectivity index (χ4v) is 3.29. The lowest BCUT2D eigenvalue weighted by Crippen LogP contribution is -2.38. The van der Waals surface area contributed by atoms with Gasteiger partial charge in [-0.1, -0.05) is 24.3 Å².